The highest BCUT2D eigenvalue weighted by Crippen LogP contribution is 2.30. The summed E-state index contributed by atoms with van der Waals surface area (Å²) in [5, 5.41) is 0.616. The molecule has 0 unspecified atom stereocenters. The lowest BCUT2D eigenvalue weighted by atomic mass is 10.1. The lowest BCUT2D eigenvalue weighted by Crippen LogP contribution is -2.24. The Hall–Kier alpha value is -2.46. The van der Waals surface area contributed by atoms with Gasteiger partial charge in [0.05, 0.1) is 14.2 Å². The first-order valence-electron chi connectivity index (χ1n) is 7.85. The third-order valence-corrected chi connectivity index (χ3v) is 4.28. The lowest BCUT2D eigenvalue weighted by Gasteiger charge is -2.18. The van der Waals surface area contributed by atoms with Gasteiger partial charge in [0.1, 0.15) is 0 Å². The first-order chi connectivity index (χ1) is 12.0. The fourth-order valence-electron chi connectivity index (χ4n) is 2.43. The smallest absolute Gasteiger partial charge is 0.246 e. The first-order valence-corrected chi connectivity index (χ1v) is 8.23. The van der Waals surface area contributed by atoms with E-state index in [2.05, 4.69) is 0 Å². The van der Waals surface area contributed by atoms with E-state index in [4.69, 9.17) is 21.1 Å². The molecule has 0 N–H and O–H groups in total. The van der Waals surface area contributed by atoms with Crippen molar-refractivity contribution in [2.24, 2.45) is 0 Å². The SMILES string of the molecule is COc1cc(C)c(CN(C)C(=O)/C=C/c2ccccc2Cl)cc1OC. The largest absolute Gasteiger partial charge is 0.493 e. The summed E-state index contributed by atoms with van der Waals surface area (Å²) in [4.78, 5) is 14.0. The second-order valence-electron chi connectivity index (χ2n) is 5.68. The van der Waals surface area contributed by atoms with Gasteiger partial charge in [-0.25, -0.2) is 0 Å². The van der Waals surface area contributed by atoms with Crippen molar-refractivity contribution in [2.45, 2.75) is 13.5 Å². The van der Waals surface area contributed by atoms with Crippen molar-refractivity contribution in [2.75, 3.05) is 21.3 Å². The number of ether oxygens (including phenoxy) is 2. The number of amides is 1. The van der Waals surface area contributed by atoms with Gasteiger partial charge in [0, 0.05) is 24.7 Å². The van der Waals surface area contributed by atoms with Crippen LogP contribution in [0.25, 0.3) is 6.08 Å². The van der Waals surface area contributed by atoms with Gasteiger partial charge in [-0.2, -0.15) is 0 Å². The molecular formula is C20H22ClNO3. The van der Waals surface area contributed by atoms with Crippen molar-refractivity contribution >= 4 is 23.6 Å². The summed E-state index contributed by atoms with van der Waals surface area (Å²) in [5.74, 6) is 1.22. The number of rotatable bonds is 6. The number of carbonyl (C=O) groups excluding carboxylic acids is 1. The van der Waals surface area contributed by atoms with Crippen molar-refractivity contribution in [1.82, 2.24) is 4.90 Å². The standard InChI is InChI=1S/C20H22ClNO3/c1-14-11-18(24-3)19(25-4)12-16(14)13-22(2)20(23)10-9-15-7-5-6-8-17(15)21/h5-12H,13H2,1-4H3/b10-9+. The molecule has 0 heterocycles. The second-order valence-corrected chi connectivity index (χ2v) is 6.09. The number of carbonyl (C=O) groups is 1. The molecule has 0 bridgehead atoms. The quantitative estimate of drug-likeness (QED) is 0.720. The zero-order valence-corrected chi connectivity index (χ0v) is 15.6. The van der Waals surface area contributed by atoms with Crippen LogP contribution in [-0.4, -0.2) is 32.1 Å². The van der Waals surface area contributed by atoms with Gasteiger partial charge < -0.3 is 14.4 Å². The average Bonchev–Trinajstić information content (AvgIpc) is 2.61. The molecule has 0 atom stereocenters. The molecule has 2 aromatic rings. The van der Waals surface area contributed by atoms with Crippen LogP contribution in [-0.2, 0) is 11.3 Å². The highest BCUT2D eigenvalue weighted by atomic mass is 35.5. The molecule has 2 rings (SSSR count). The van der Waals surface area contributed by atoms with Crippen LogP contribution >= 0.6 is 11.6 Å². The summed E-state index contributed by atoms with van der Waals surface area (Å²) in [5.41, 5.74) is 2.85. The molecule has 2 aromatic carbocycles. The third kappa shape index (κ3) is 4.77. The van der Waals surface area contributed by atoms with Crippen LogP contribution in [0.3, 0.4) is 0 Å². The summed E-state index contributed by atoms with van der Waals surface area (Å²) in [6.07, 6.45) is 3.25. The Kier molecular flexibility index (Phi) is 6.48. The van der Waals surface area contributed by atoms with Crippen LogP contribution in [0.15, 0.2) is 42.5 Å². The Morgan fingerprint density at radius 2 is 1.80 bits per heavy atom. The van der Waals surface area contributed by atoms with Gasteiger partial charge in [0.2, 0.25) is 5.91 Å². The Balaban J connectivity index is 2.12. The molecule has 0 aromatic heterocycles. The topological polar surface area (TPSA) is 38.8 Å². The highest BCUT2D eigenvalue weighted by Gasteiger charge is 2.12. The molecule has 4 nitrogen and oxygen atoms in total. The minimum Gasteiger partial charge on any atom is -0.493 e. The summed E-state index contributed by atoms with van der Waals surface area (Å²) < 4.78 is 10.6. The van der Waals surface area contributed by atoms with E-state index >= 15 is 0 Å². The molecule has 0 radical (unpaired) electrons. The van der Waals surface area contributed by atoms with Crippen LogP contribution in [0, 0.1) is 6.92 Å². The van der Waals surface area contributed by atoms with Gasteiger partial charge in [-0.05, 0) is 47.9 Å². The predicted molar refractivity (Wildman–Crippen MR) is 101 cm³/mol. The van der Waals surface area contributed by atoms with E-state index in [0.717, 1.165) is 16.7 Å². The first kappa shape index (κ1) is 18.9. The molecule has 0 aliphatic heterocycles. The van der Waals surface area contributed by atoms with Gasteiger partial charge in [-0.3, -0.25) is 4.79 Å². The van der Waals surface area contributed by atoms with Gasteiger partial charge in [-0.1, -0.05) is 29.8 Å². The van der Waals surface area contributed by atoms with E-state index in [1.807, 2.05) is 37.3 Å². The van der Waals surface area contributed by atoms with E-state index in [1.165, 1.54) is 6.08 Å². The molecule has 0 fully saturated rings. The van der Waals surface area contributed by atoms with E-state index in [1.54, 1.807) is 38.3 Å². The zero-order valence-electron chi connectivity index (χ0n) is 14.9. The van der Waals surface area contributed by atoms with E-state index in [0.29, 0.717) is 23.1 Å². The average molecular weight is 360 g/mol. The predicted octanol–water partition coefficient (Wildman–Crippen LogP) is 4.34. The maximum absolute atomic E-state index is 12.4. The fourth-order valence-corrected chi connectivity index (χ4v) is 2.62. The van der Waals surface area contributed by atoms with Crippen LogP contribution < -0.4 is 9.47 Å². The molecule has 0 saturated carbocycles. The van der Waals surface area contributed by atoms with Crippen molar-refractivity contribution in [3.05, 3.63) is 64.2 Å². The molecule has 1 amide bonds. The molecule has 5 heteroatoms. The van der Waals surface area contributed by atoms with Gasteiger partial charge in [0.25, 0.3) is 0 Å². The van der Waals surface area contributed by atoms with Crippen molar-refractivity contribution in [3.8, 4) is 11.5 Å². The maximum atomic E-state index is 12.4. The molecule has 0 saturated heterocycles. The van der Waals surface area contributed by atoms with Crippen molar-refractivity contribution in [1.29, 1.82) is 0 Å². The van der Waals surface area contributed by atoms with Crippen molar-refractivity contribution in [3.63, 3.8) is 0 Å². The number of methoxy groups -OCH3 is 2. The zero-order chi connectivity index (χ0) is 18.4. The van der Waals surface area contributed by atoms with Crippen LogP contribution in [0.2, 0.25) is 5.02 Å². The molecule has 0 spiro atoms. The van der Waals surface area contributed by atoms with E-state index < -0.39 is 0 Å². The van der Waals surface area contributed by atoms with E-state index in [-0.39, 0.29) is 5.91 Å². The summed E-state index contributed by atoms with van der Waals surface area (Å²) in [6.45, 7) is 2.45. The Morgan fingerprint density at radius 1 is 1.16 bits per heavy atom. The summed E-state index contributed by atoms with van der Waals surface area (Å²) in [6, 6.07) is 11.2. The van der Waals surface area contributed by atoms with Crippen LogP contribution in [0.1, 0.15) is 16.7 Å². The number of halogens is 1. The van der Waals surface area contributed by atoms with Crippen LogP contribution in [0.4, 0.5) is 0 Å². The molecule has 132 valence electrons. The fraction of sp³-hybridized carbons (Fsp3) is 0.250. The van der Waals surface area contributed by atoms with Crippen molar-refractivity contribution < 1.29 is 14.3 Å². The molecule has 0 aliphatic rings. The highest BCUT2D eigenvalue weighted by molar-refractivity contribution is 6.32. The number of hydrogen-bond acceptors (Lipinski definition) is 3. The Labute approximate surface area is 153 Å². The second kappa shape index (κ2) is 8.58. The number of benzene rings is 2. The minimum atomic E-state index is -0.103. The van der Waals surface area contributed by atoms with Gasteiger partial charge in [0.15, 0.2) is 11.5 Å². The molecular weight excluding hydrogens is 338 g/mol. The van der Waals surface area contributed by atoms with Gasteiger partial charge >= 0.3 is 0 Å². The van der Waals surface area contributed by atoms with E-state index in [9.17, 15) is 4.79 Å². The summed E-state index contributed by atoms with van der Waals surface area (Å²) in [7, 11) is 4.96. The van der Waals surface area contributed by atoms with Gasteiger partial charge in [-0.15, -0.1) is 0 Å². The monoisotopic (exact) mass is 359 g/mol. The third-order valence-electron chi connectivity index (χ3n) is 3.94. The van der Waals surface area contributed by atoms with Crippen LogP contribution in [0.5, 0.6) is 11.5 Å². The summed E-state index contributed by atoms with van der Waals surface area (Å²) >= 11 is 6.10. The maximum Gasteiger partial charge on any atom is 0.246 e. The number of aryl methyl sites for hydroxylation is 1. The normalized spacial score (nSPS) is 10.8. The minimum absolute atomic E-state index is 0.103. The lowest BCUT2D eigenvalue weighted by molar-refractivity contribution is -0.125. The number of nitrogens with zero attached hydrogens (tertiary/aromatic N) is 1. The number of likely N-dealkylation sites (N-methyl/N-ethyl adjacent to an activating group) is 1. The molecule has 25 heavy (non-hydrogen) atoms. The molecule has 0 aliphatic carbocycles. The number of hydrogen-bond donors (Lipinski definition) is 0. The Morgan fingerprint density at radius 3 is 2.44 bits per heavy atom. The Bertz CT molecular complexity index is 787.